The van der Waals surface area contributed by atoms with E-state index in [2.05, 4.69) is 11.6 Å². The Labute approximate surface area is 106 Å². The minimum Gasteiger partial charge on any atom is -0.493 e. The minimum atomic E-state index is 0.478. The van der Waals surface area contributed by atoms with Gasteiger partial charge in [0.05, 0.1) is 21.3 Å². The monoisotopic (exact) mass is 249 g/mol. The molecule has 0 aliphatic carbocycles. The largest absolute Gasteiger partial charge is 0.493 e. The third-order valence-corrected chi connectivity index (χ3v) is 2.55. The van der Waals surface area contributed by atoms with Crippen LogP contribution in [0.2, 0.25) is 0 Å². The van der Waals surface area contributed by atoms with E-state index in [1.54, 1.807) is 33.5 Å². The summed E-state index contributed by atoms with van der Waals surface area (Å²) in [6.07, 6.45) is 0. The van der Waals surface area contributed by atoms with Crippen LogP contribution in [0.5, 0.6) is 17.2 Å². The Morgan fingerprint density at radius 3 is 2.11 bits per heavy atom. The van der Waals surface area contributed by atoms with Crippen LogP contribution in [0, 0.1) is 0 Å². The average Bonchev–Trinajstić information content (AvgIpc) is 2.83. The molecule has 1 heterocycles. The SMILES string of the molecule is C=C1CN=C(c2cc(OC)c(OC)c(OC)c2)O1. The molecule has 0 saturated carbocycles. The normalized spacial score (nSPS) is 13.9. The van der Waals surface area contributed by atoms with Gasteiger partial charge in [0.15, 0.2) is 11.5 Å². The van der Waals surface area contributed by atoms with E-state index < -0.39 is 0 Å². The van der Waals surface area contributed by atoms with Crippen molar-refractivity contribution in [2.75, 3.05) is 27.9 Å². The van der Waals surface area contributed by atoms with Crippen LogP contribution >= 0.6 is 0 Å². The van der Waals surface area contributed by atoms with Gasteiger partial charge in [0.1, 0.15) is 12.3 Å². The molecule has 1 aromatic carbocycles. The molecule has 96 valence electrons. The lowest BCUT2D eigenvalue weighted by atomic mass is 10.2. The summed E-state index contributed by atoms with van der Waals surface area (Å²) in [4.78, 5) is 4.24. The van der Waals surface area contributed by atoms with Crippen LogP contribution in [0.1, 0.15) is 5.56 Å². The maximum absolute atomic E-state index is 5.42. The van der Waals surface area contributed by atoms with Gasteiger partial charge in [0, 0.05) is 5.56 Å². The highest BCUT2D eigenvalue weighted by molar-refractivity contribution is 5.97. The zero-order valence-electron chi connectivity index (χ0n) is 10.6. The second kappa shape index (κ2) is 5.00. The predicted octanol–water partition coefficient (Wildman–Crippen LogP) is 2.00. The highest BCUT2D eigenvalue weighted by Crippen LogP contribution is 2.38. The lowest BCUT2D eigenvalue weighted by molar-refractivity contribution is 0.324. The fraction of sp³-hybridized carbons (Fsp3) is 0.308. The van der Waals surface area contributed by atoms with E-state index in [4.69, 9.17) is 18.9 Å². The summed E-state index contributed by atoms with van der Waals surface area (Å²) < 4.78 is 21.2. The number of nitrogens with zero attached hydrogens (tertiary/aromatic N) is 1. The standard InChI is InChI=1S/C13H15NO4/c1-8-7-14-13(18-8)9-5-10(15-2)12(17-4)11(6-9)16-3/h5-6H,1,7H2,2-4H3. The van der Waals surface area contributed by atoms with Gasteiger partial charge in [0.2, 0.25) is 11.6 Å². The number of benzene rings is 1. The minimum absolute atomic E-state index is 0.478. The molecule has 1 aromatic rings. The van der Waals surface area contributed by atoms with Crippen LogP contribution in [0.3, 0.4) is 0 Å². The average molecular weight is 249 g/mol. The molecular weight excluding hydrogens is 234 g/mol. The third kappa shape index (κ3) is 2.11. The number of rotatable bonds is 4. The molecule has 5 nitrogen and oxygen atoms in total. The van der Waals surface area contributed by atoms with Gasteiger partial charge in [-0.2, -0.15) is 0 Å². The van der Waals surface area contributed by atoms with E-state index in [1.807, 2.05) is 0 Å². The summed E-state index contributed by atoms with van der Waals surface area (Å²) >= 11 is 0. The van der Waals surface area contributed by atoms with Crippen LogP contribution in [-0.4, -0.2) is 33.8 Å². The van der Waals surface area contributed by atoms with Gasteiger partial charge in [-0.25, -0.2) is 4.99 Å². The van der Waals surface area contributed by atoms with E-state index in [0.29, 0.717) is 35.5 Å². The Morgan fingerprint density at radius 2 is 1.72 bits per heavy atom. The lowest BCUT2D eigenvalue weighted by Crippen LogP contribution is -2.03. The van der Waals surface area contributed by atoms with Crippen LogP contribution < -0.4 is 14.2 Å². The number of hydrogen-bond donors (Lipinski definition) is 0. The summed E-state index contributed by atoms with van der Waals surface area (Å²) in [7, 11) is 4.69. The highest BCUT2D eigenvalue weighted by atomic mass is 16.5. The molecule has 0 aromatic heterocycles. The molecular formula is C13H15NO4. The Bertz CT molecular complexity index is 483. The van der Waals surface area contributed by atoms with E-state index >= 15 is 0 Å². The van der Waals surface area contributed by atoms with Crippen molar-refractivity contribution in [3.63, 3.8) is 0 Å². The summed E-state index contributed by atoms with van der Waals surface area (Å²) in [5.74, 6) is 2.81. The maximum atomic E-state index is 5.42. The second-order valence-corrected chi connectivity index (χ2v) is 3.68. The molecule has 1 aliphatic heterocycles. The van der Waals surface area contributed by atoms with Crippen LogP contribution in [0.15, 0.2) is 29.5 Å². The van der Waals surface area contributed by atoms with Crippen molar-refractivity contribution < 1.29 is 18.9 Å². The molecule has 0 bridgehead atoms. The smallest absolute Gasteiger partial charge is 0.222 e. The van der Waals surface area contributed by atoms with Crippen molar-refractivity contribution in [1.29, 1.82) is 0 Å². The Balaban J connectivity index is 2.47. The van der Waals surface area contributed by atoms with Crippen molar-refractivity contribution in [1.82, 2.24) is 0 Å². The Kier molecular flexibility index (Phi) is 3.41. The van der Waals surface area contributed by atoms with Crippen molar-refractivity contribution in [2.24, 2.45) is 4.99 Å². The van der Waals surface area contributed by atoms with Gasteiger partial charge in [-0.05, 0) is 12.1 Å². The zero-order chi connectivity index (χ0) is 13.1. The fourth-order valence-electron chi connectivity index (χ4n) is 1.72. The molecule has 5 heteroatoms. The van der Waals surface area contributed by atoms with E-state index in [0.717, 1.165) is 5.56 Å². The molecule has 0 amide bonds. The van der Waals surface area contributed by atoms with Gasteiger partial charge in [-0.15, -0.1) is 0 Å². The predicted molar refractivity (Wildman–Crippen MR) is 67.7 cm³/mol. The molecule has 0 N–H and O–H groups in total. The van der Waals surface area contributed by atoms with Crippen molar-refractivity contribution in [2.45, 2.75) is 0 Å². The lowest BCUT2D eigenvalue weighted by Gasteiger charge is -2.13. The van der Waals surface area contributed by atoms with Crippen molar-refractivity contribution in [3.8, 4) is 17.2 Å². The first kappa shape index (κ1) is 12.3. The fourth-order valence-corrected chi connectivity index (χ4v) is 1.72. The van der Waals surface area contributed by atoms with Crippen molar-refractivity contribution in [3.05, 3.63) is 30.0 Å². The van der Waals surface area contributed by atoms with Gasteiger partial charge in [-0.3, -0.25) is 0 Å². The number of ether oxygens (including phenoxy) is 4. The van der Waals surface area contributed by atoms with Gasteiger partial charge < -0.3 is 18.9 Å². The summed E-state index contributed by atoms with van der Waals surface area (Å²) in [6.45, 7) is 4.20. The zero-order valence-corrected chi connectivity index (χ0v) is 10.6. The Morgan fingerprint density at radius 1 is 1.11 bits per heavy atom. The molecule has 0 saturated heterocycles. The van der Waals surface area contributed by atoms with Gasteiger partial charge in [-0.1, -0.05) is 6.58 Å². The first-order chi connectivity index (χ1) is 8.69. The Hall–Kier alpha value is -2.17. The molecule has 0 fully saturated rings. The number of methoxy groups -OCH3 is 3. The van der Waals surface area contributed by atoms with E-state index in [9.17, 15) is 0 Å². The molecule has 1 aliphatic rings. The first-order valence-corrected chi connectivity index (χ1v) is 5.40. The number of aliphatic imine (C=N–C) groups is 1. The number of hydrogen-bond acceptors (Lipinski definition) is 5. The maximum Gasteiger partial charge on any atom is 0.222 e. The summed E-state index contributed by atoms with van der Waals surface area (Å²) in [5, 5.41) is 0. The third-order valence-electron chi connectivity index (χ3n) is 2.55. The molecule has 0 spiro atoms. The van der Waals surface area contributed by atoms with E-state index in [1.165, 1.54) is 0 Å². The van der Waals surface area contributed by atoms with Crippen molar-refractivity contribution >= 4 is 5.90 Å². The quantitative estimate of drug-likeness (QED) is 0.819. The molecule has 0 atom stereocenters. The topological polar surface area (TPSA) is 49.3 Å². The van der Waals surface area contributed by atoms with Gasteiger partial charge >= 0.3 is 0 Å². The summed E-state index contributed by atoms with van der Waals surface area (Å²) in [5.41, 5.74) is 0.767. The molecule has 0 unspecified atom stereocenters. The molecule has 0 radical (unpaired) electrons. The second-order valence-electron chi connectivity index (χ2n) is 3.68. The van der Waals surface area contributed by atoms with Crippen LogP contribution in [0.4, 0.5) is 0 Å². The van der Waals surface area contributed by atoms with Crippen LogP contribution in [-0.2, 0) is 4.74 Å². The summed E-state index contributed by atoms with van der Waals surface area (Å²) in [6, 6.07) is 3.58. The van der Waals surface area contributed by atoms with Gasteiger partial charge in [0.25, 0.3) is 0 Å². The molecule has 2 rings (SSSR count). The first-order valence-electron chi connectivity index (χ1n) is 5.40. The van der Waals surface area contributed by atoms with E-state index in [-0.39, 0.29) is 0 Å². The molecule has 18 heavy (non-hydrogen) atoms. The highest BCUT2D eigenvalue weighted by Gasteiger charge is 2.19. The van der Waals surface area contributed by atoms with Crippen LogP contribution in [0.25, 0.3) is 0 Å².